The van der Waals surface area contributed by atoms with Gasteiger partial charge in [-0.15, -0.1) is 0 Å². The number of carbonyl (C=O) groups is 2. The second kappa shape index (κ2) is 8.42. The number of furan rings is 1. The van der Waals surface area contributed by atoms with Gasteiger partial charge in [0, 0.05) is 30.9 Å². The van der Waals surface area contributed by atoms with Gasteiger partial charge in [-0.2, -0.15) is 13.2 Å². The lowest BCUT2D eigenvalue weighted by molar-refractivity contribution is -0.165. The maximum atomic E-state index is 13.7. The average Bonchev–Trinajstić information content (AvgIpc) is 3.55. The monoisotopic (exact) mass is 500 g/mol. The molecule has 3 aliphatic rings. The van der Waals surface area contributed by atoms with Gasteiger partial charge < -0.3 is 19.5 Å². The summed E-state index contributed by atoms with van der Waals surface area (Å²) in [5.74, 6) is -2.03. The van der Waals surface area contributed by atoms with E-state index in [1.165, 1.54) is 9.80 Å². The largest absolute Gasteiger partial charge is 0.480 e. The molecule has 1 amide bonds. The third-order valence-corrected chi connectivity index (χ3v) is 7.61. The van der Waals surface area contributed by atoms with Gasteiger partial charge in [-0.05, 0) is 55.7 Å². The van der Waals surface area contributed by atoms with E-state index in [4.69, 9.17) is 16.0 Å². The zero-order valence-electron chi connectivity index (χ0n) is 18.1. The maximum Gasteiger partial charge on any atom is 0.420 e. The highest BCUT2D eigenvalue weighted by Crippen LogP contribution is 2.47. The maximum absolute atomic E-state index is 13.7. The van der Waals surface area contributed by atoms with Crippen LogP contribution in [0.5, 0.6) is 0 Å². The van der Waals surface area contributed by atoms with Gasteiger partial charge in [0.2, 0.25) is 5.76 Å². The Morgan fingerprint density at radius 2 is 1.76 bits per heavy atom. The molecule has 184 valence electrons. The van der Waals surface area contributed by atoms with Crippen molar-refractivity contribution in [2.24, 2.45) is 5.92 Å². The number of rotatable bonds is 5. The Morgan fingerprint density at radius 3 is 2.29 bits per heavy atom. The number of nitrogens with zero attached hydrogens (tertiary/aromatic N) is 2. The van der Waals surface area contributed by atoms with E-state index < -0.39 is 41.5 Å². The Morgan fingerprint density at radius 1 is 1.09 bits per heavy atom. The Labute approximate surface area is 198 Å². The van der Waals surface area contributed by atoms with Crippen LogP contribution >= 0.6 is 11.6 Å². The van der Waals surface area contributed by atoms with Crippen LogP contribution in [-0.4, -0.2) is 63.8 Å². The second-order valence-corrected chi connectivity index (χ2v) is 9.76. The van der Waals surface area contributed by atoms with Gasteiger partial charge in [-0.3, -0.25) is 14.5 Å². The normalized spacial score (nSPS) is 23.2. The van der Waals surface area contributed by atoms with Crippen molar-refractivity contribution in [1.29, 1.82) is 0 Å². The third-order valence-electron chi connectivity index (χ3n) is 7.23. The quantitative estimate of drug-likeness (QED) is 0.635. The highest BCUT2D eigenvalue weighted by Gasteiger charge is 2.43. The van der Waals surface area contributed by atoms with E-state index in [-0.39, 0.29) is 41.1 Å². The number of likely N-dealkylation sites (tertiary alicyclic amines) is 2. The summed E-state index contributed by atoms with van der Waals surface area (Å²) in [4.78, 5) is 27.3. The first-order chi connectivity index (χ1) is 16.1. The van der Waals surface area contributed by atoms with Gasteiger partial charge >= 0.3 is 12.1 Å². The molecule has 7 nitrogen and oxygen atoms in total. The molecule has 2 N–H and O–H groups in total. The molecule has 3 fully saturated rings. The first kappa shape index (κ1) is 23.4. The van der Waals surface area contributed by atoms with Crippen molar-refractivity contribution in [3.8, 4) is 0 Å². The Bertz CT molecular complexity index is 1140. The van der Waals surface area contributed by atoms with Crippen LogP contribution in [0.4, 0.5) is 13.2 Å². The van der Waals surface area contributed by atoms with E-state index in [0.29, 0.717) is 31.4 Å². The molecule has 2 atom stereocenters. The molecule has 11 heteroatoms. The predicted octanol–water partition coefficient (Wildman–Crippen LogP) is 4.31. The summed E-state index contributed by atoms with van der Waals surface area (Å²) in [5, 5.41) is 19.8. The lowest BCUT2D eigenvalue weighted by atomic mass is 9.90. The van der Waals surface area contributed by atoms with Gasteiger partial charge in [0.05, 0.1) is 10.6 Å². The van der Waals surface area contributed by atoms with Crippen LogP contribution in [0.3, 0.4) is 0 Å². The van der Waals surface area contributed by atoms with Crippen molar-refractivity contribution < 1.29 is 37.4 Å². The highest BCUT2D eigenvalue weighted by atomic mass is 35.5. The number of aliphatic carboxylic acids is 1. The first-order valence-electron chi connectivity index (χ1n) is 11.3. The Balaban J connectivity index is 1.34. The summed E-state index contributed by atoms with van der Waals surface area (Å²) in [7, 11) is 0. The van der Waals surface area contributed by atoms with Gasteiger partial charge in [0.25, 0.3) is 5.91 Å². The van der Waals surface area contributed by atoms with Crippen LogP contribution in [0.1, 0.15) is 59.7 Å². The number of carboxylic acid groups (broad SMARTS) is 1. The standard InChI is InChI=1S/C23H24ClF3N2O5/c24-17-14-9-13(11-1-2-11)10-15(23(25,26)27)18(14)34-19(17)21(31)28-6-3-12(4-7-28)20(30)29-8-5-16(29)22(32)33/h9-12,16,20,30H,1-8H2,(H,32,33). The lowest BCUT2D eigenvalue weighted by Crippen LogP contribution is -2.59. The molecular weight excluding hydrogens is 477 g/mol. The number of halogens is 4. The summed E-state index contributed by atoms with van der Waals surface area (Å²) >= 11 is 6.37. The van der Waals surface area contributed by atoms with Crippen LogP contribution in [0.25, 0.3) is 11.0 Å². The number of fused-ring (bicyclic) bond motifs is 1. The molecule has 2 aromatic rings. The number of benzene rings is 1. The van der Waals surface area contributed by atoms with Gasteiger partial charge in [0.1, 0.15) is 17.9 Å². The van der Waals surface area contributed by atoms with E-state index in [1.807, 2.05) is 0 Å². The predicted molar refractivity (Wildman–Crippen MR) is 116 cm³/mol. The fraction of sp³-hybridized carbons (Fsp3) is 0.565. The molecule has 1 saturated carbocycles. The van der Waals surface area contributed by atoms with Crippen LogP contribution in [0.2, 0.25) is 5.02 Å². The highest BCUT2D eigenvalue weighted by molar-refractivity contribution is 6.38. The minimum atomic E-state index is -4.65. The van der Waals surface area contributed by atoms with E-state index >= 15 is 0 Å². The van der Waals surface area contributed by atoms with Crippen LogP contribution in [0.15, 0.2) is 16.5 Å². The first-order valence-corrected chi connectivity index (χ1v) is 11.7. The van der Waals surface area contributed by atoms with Crippen molar-refractivity contribution in [3.63, 3.8) is 0 Å². The van der Waals surface area contributed by atoms with Crippen molar-refractivity contribution in [3.05, 3.63) is 34.0 Å². The molecule has 34 heavy (non-hydrogen) atoms. The van der Waals surface area contributed by atoms with Crippen molar-refractivity contribution in [2.45, 2.75) is 56.5 Å². The molecule has 5 rings (SSSR count). The Hall–Kier alpha value is -2.30. The summed E-state index contributed by atoms with van der Waals surface area (Å²) in [5.41, 5.74) is -0.827. The number of carboxylic acids is 1. The molecule has 1 aromatic heterocycles. The summed E-state index contributed by atoms with van der Waals surface area (Å²) in [6.45, 7) is 0.994. The molecule has 0 radical (unpaired) electrons. The molecule has 2 aliphatic heterocycles. The topological polar surface area (TPSA) is 94.2 Å². The number of hydrogen-bond acceptors (Lipinski definition) is 5. The molecule has 1 aliphatic carbocycles. The van der Waals surface area contributed by atoms with Crippen LogP contribution in [0, 0.1) is 5.92 Å². The van der Waals surface area contributed by atoms with E-state index in [2.05, 4.69) is 0 Å². The zero-order chi connectivity index (χ0) is 24.4. The van der Waals surface area contributed by atoms with Gasteiger partial charge in [-0.1, -0.05) is 11.6 Å². The number of aliphatic hydroxyl groups excluding tert-OH is 1. The zero-order valence-corrected chi connectivity index (χ0v) is 18.9. The van der Waals surface area contributed by atoms with Crippen molar-refractivity contribution in [2.75, 3.05) is 19.6 Å². The number of amides is 1. The summed E-state index contributed by atoms with van der Waals surface area (Å²) < 4.78 is 46.6. The fourth-order valence-corrected chi connectivity index (χ4v) is 5.26. The number of piperidine rings is 1. The summed E-state index contributed by atoms with van der Waals surface area (Å²) in [6, 6.07) is 1.97. The molecule has 2 unspecified atom stereocenters. The molecular formula is C23H24ClF3N2O5. The minimum absolute atomic E-state index is 0.0632. The van der Waals surface area contributed by atoms with Gasteiger partial charge in [0.15, 0.2) is 0 Å². The van der Waals surface area contributed by atoms with Crippen molar-refractivity contribution >= 4 is 34.4 Å². The number of aliphatic hydroxyl groups is 1. The molecule has 0 spiro atoms. The number of carbonyl (C=O) groups excluding carboxylic acids is 1. The Kier molecular flexibility index (Phi) is 5.81. The van der Waals surface area contributed by atoms with Gasteiger partial charge in [-0.25, -0.2) is 0 Å². The van der Waals surface area contributed by atoms with E-state index in [9.17, 15) is 33.0 Å². The number of alkyl halides is 3. The van der Waals surface area contributed by atoms with E-state index in [1.54, 1.807) is 6.07 Å². The number of hydrogen-bond donors (Lipinski definition) is 2. The summed E-state index contributed by atoms with van der Waals surface area (Å²) in [6.07, 6.45) is -2.61. The van der Waals surface area contributed by atoms with Crippen molar-refractivity contribution in [1.82, 2.24) is 9.80 Å². The van der Waals surface area contributed by atoms with E-state index in [0.717, 1.165) is 18.9 Å². The fourth-order valence-electron chi connectivity index (χ4n) is 5.00. The molecule has 2 saturated heterocycles. The third kappa shape index (κ3) is 4.05. The minimum Gasteiger partial charge on any atom is -0.480 e. The van der Waals surface area contributed by atoms with Crippen LogP contribution in [-0.2, 0) is 11.0 Å². The average molecular weight is 501 g/mol. The van der Waals surface area contributed by atoms with Crippen LogP contribution < -0.4 is 0 Å². The smallest absolute Gasteiger partial charge is 0.420 e. The SMILES string of the molecule is O=C(O)C1CCN1C(O)C1CCN(C(=O)c2oc3c(C(F)(F)F)cc(C4CC4)cc3c2Cl)CC1. The molecule has 0 bridgehead atoms. The second-order valence-electron chi connectivity index (χ2n) is 9.39. The lowest BCUT2D eigenvalue weighted by Gasteiger charge is -2.45. The molecule has 1 aromatic carbocycles. The molecule has 3 heterocycles.